The van der Waals surface area contributed by atoms with Crippen LogP contribution in [0.1, 0.15) is 42.0 Å². The zero-order chi connectivity index (χ0) is 20.6. The molecule has 1 N–H and O–H groups in total. The Hall–Kier alpha value is -2.21. The van der Waals surface area contributed by atoms with E-state index >= 15 is 0 Å². The molecule has 1 aliphatic heterocycles. The summed E-state index contributed by atoms with van der Waals surface area (Å²) in [7, 11) is -3.50. The summed E-state index contributed by atoms with van der Waals surface area (Å²) in [6, 6.07) is 20.4. The predicted molar refractivity (Wildman–Crippen MR) is 121 cm³/mol. The Morgan fingerprint density at radius 1 is 0.900 bits per heavy atom. The second-order valence-electron chi connectivity index (χ2n) is 8.41. The second-order valence-corrected chi connectivity index (χ2v) is 10.1. The Bertz CT molecular complexity index is 1170. The van der Waals surface area contributed by atoms with Gasteiger partial charge in [-0.3, -0.25) is 4.90 Å². The van der Waals surface area contributed by atoms with Crippen molar-refractivity contribution >= 4 is 20.8 Å². The van der Waals surface area contributed by atoms with Crippen molar-refractivity contribution in [3.8, 4) is 0 Å². The van der Waals surface area contributed by atoms with Crippen molar-refractivity contribution < 1.29 is 8.42 Å². The minimum atomic E-state index is -3.50. The number of hydrogen-bond acceptors (Lipinski definition) is 3. The van der Waals surface area contributed by atoms with Crippen molar-refractivity contribution in [2.75, 3.05) is 19.6 Å². The maximum absolute atomic E-state index is 12.8. The fourth-order valence-electron chi connectivity index (χ4n) is 5.17. The van der Waals surface area contributed by atoms with Crippen LogP contribution >= 0.6 is 0 Å². The molecule has 1 aliphatic carbocycles. The van der Waals surface area contributed by atoms with Crippen LogP contribution in [0.15, 0.2) is 65.6 Å². The molecule has 156 valence electrons. The first-order chi connectivity index (χ1) is 14.6. The Morgan fingerprint density at radius 2 is 1.67 bits per heavy atom. The van der Waals surface area contributed by atoms with Gasteiger partial charge in [0.1, 0.15) is 0 Å². The lowest BCUT2D eigenvalue weighted by molar-refractivity contribution is 0.182. The number of rotatable bonds is 7. The highest BCUT2D eigenvalue weighted by Gasteiger charge is 2.32. The lowest BCUT2D eigenvalue weighted by Gasteiger charge is -2.35. The zero-order valence-corrected chi connectivity index (χ0v) is 18.0. The molecule has 0 saturated carbocycles. The lowest BCUT2D eigenvalue weighted by atomic mass is 9.93. The van der Waals surface area contributed by atoms with E-state index in [0.29, 0.717) is 17.5 Å². The van der Waals surface area contributed by atoms with Gasteiger partial charge >= 0.3 is 0 Å². The van der Waals surface area contributed by atoms with Crippen LogP contribution in [0.2, 0.25) is 0 Å². The number of aryl methyl sites for hydroxylation is 1. The minimum absolute atomic E-state index is 0.367. The first-order valence-electron chi connectivity index (χ1n) is 11.0. The molecule has 2 aliphatic rings. The number of nitrogens with one attached hydrogen (secondary N) is 1. The largest absolute Gasteiger partial charge is 0.296 e. The monoisotopic (exact) mass is 420 g/mol. The van der Waals surface area contributed by atoms with Gasteiger partial charge in [0, 0.05) is 24.5 Å². The molecule has 1 heterocycles. The van der Waals surface area contributed by atoms with Crippen molar-refractivity contribution in [2.45, 2.75) is 43.0 Å². The predicted octanol–water partition coefficient (Wildman–Crippen LogP) is 4.44. The van der Waals surface area contributed by atoms with Crippen molar-refractivity contribution in [2.24, 2.45) is 0 Å². The van der Waals surface area contributed by atoms with Crippen molar-refractivity contribution in [1.82, 2.24) is 9.62 Å². The Kier molecular flexibility index (Phi) is 5.35. The van der Waals surface area contributed by atoms with E-state index in [1.54, 1.807) is 17.7 Å². The Balaban J connectivity index is 1.17. The highest BCUT2D eigenvalue weighted by atomic mass is 32.2. The van der Waals surface area contributed by atoms with E-state index in [1.165, 1.54) is 24.0 Å². The maximum Gasteiger partial charge on any atom is 0.241 e. The van der Waals surface area contributed by atoms with Crippen molar-refractivity contribution in [1.29, 1.82) is 0 Å². The van der Waals surface area contributed by atoms with Crippen LogP contribution in [0.25, 0.3) is 10.8 Å². The molecule has 5 rings (SSSR count). The lowest BCUT2D eigenvalue weighted by Crippen LogP contribution is -2.35. The third-order valence-electron chi connectivity index (χ3n) is 6.62. The molecule has 3 aromatic rings. The standard InChI is InChI=1S/C25H28N2O2S/c28-30(29,24-12-6-8-19-7-1-2-11-22(19)24)26-16-3-4-17-27-18-15-21-10-5-9-20-13-14-23(27)25(20)21/h1-2,5-12,23,26H,3-4,13-18H2. The summed E-state index contributed by atoms with van der Waals surface area (Å²) in [6.07, 6.45) is 5.40. The van der Waals surface area contributed by atoms with Gasteiger partial charge in [0.05, 0.1) is 4.90 Å². The summed E-state index contributed by atoms with van der Waals surface area (Å²) < 4.78 is 28.5. The topological polar surface area (TPSA) is 49.4 Å². The highest BCUT2D eigenvalue weighted by Crippen LogP contribution is 2.41. The van der Waals surface area contributed by atoms with E-state index in [9.17, 15) is 8.42 Å². The molecule has 1 unspecified atom stereocenters. The van der Waals surface area contributed by atoms with Gasteiger partial charge in [-0.15, -0.1) is 0 Å². The van der Waals surface area contributed by atoms with Crippen LogP contribution in [0, 0.1) is 0 Å². The average molecular weight is 421 g/mol. The molecule has 0 radical (unpaired) electrons. The van der Waals surface area contributed by atoms with Gasteiger partial charge in [-0.1, -0.05) is 54.6 Å². The summed E-state index contributed by atoms with van der Waals surface area (Å²) in [5, 5.41) is 1.72. The smallest absolute Gasteiger partial charge is 0.241 e. The third-order valence-corrected chi connectivity index (χ3v) is 8.14. The zero-order valence-electron chi connectivity index (χ0n) is 17.2. The van der Waals surface area contributed by atoms with Crippen LogP contribution in [0.3, 0.4) is 0 Å². The molecule has 3 aromatic carbocycles. The number of sulfonamides is 1. The highest BCUT2D eigenvalue weighted by molar-refractivity contribution is 7.89. The summed E-state index contributed by atoms with van der Waals surface area (Å²) in [4.78, 5) is 2.98. The normalized spacial score (nSPS) is 18.6. The first kappa shape index (κ1) is 19.7. The van der Waals surface area contributed by atoms with Crippen LogP contribution in [0.5, 0.6) is 0 Å². The molecular weight excluding hydrogens is 392 g/mol. The van der Waals surface area contributed by atoms with E-state index in [2.05, 4.69) is 27.8 Å². The molecule has 0 aromatic heterocycles. The van der Waals surface area contributed by atoms with E-state index in [-0.39, 0.29) is 0 Å². The molecule has 0 bridgehead atoms. The van der Waals surface area contributed by atoms with Gasteiger partial charge in [0.25, 0.3) is 0 Å². The number of benzene rings is 3. The number of unbranched alkanes of at least 4 members (excludes halogenated alkanes) is 1. The van der Waals surface area contributed by atoms with Crippen LogP contribution < -0.4 is 4.72 Å². The van der Waals surface area contributed by atoms with E-state index < -0.39 is 10.0 Å². The van der Waals surface area contributed by atoms with Gasteiger partial charge in [0.2, 0.25) is 10.0 Å². The molecule has 0 amide bonds. The van der Waals surface area contributed by atoms with Gasteiger partial charge < -0.3 is 0 Å². The van der Waals surface area contributed by atoms with Gasteiger partial charge in [-0.05, 0) is 66.8 Å². The van der Waals surface area contributed by atoms with Crippen molar-refractivity contribution in [3.63, 3.8) is 0 Å². The second kappa shape index (κ2) is 8.14. The Morgan fingerprint density at radius 3 is 2.57 bits per heavy atom. The minimum Gasteiger partial charge on any atom is -0.296 e. The Labute approximate surface area is 179 Å². The molecule has 4 nitrogen and oxygen atoms in total. The van der Waals surface area contributed by atoms with E-state index in [1.807, 2.05) is 30.3 Å². The quantitative estimate of drug-likeness (QED) is 0.575. The number of nitrogens with zero attached hydrogens (tertiary/aromatic N) is 1. The van der Waals surface area contributed by atoms with Crippen LogP contribution in [0.4, 0.5) is 0 Å². The molecule has 0 fully saturated rings. The molecule has 30 heavy (non-hydrogen) atoms. The summed E-state index contributed by atoms with van der Waals surface area (Å²) >= 11 is 0. The van der Waals surface area contributed by atoms with Crippen molar-refractivity contribution in [3.05, 3.63) is 77.4 Å². The van der Waals surface area contributed by atoms with E-state index in [4.69, 9.17) is 0 Å². The van der Waals surface area contributed by atoms with Crippen LogP contribution in [-0.2, 0) is 22.9 Å². The number of hydrogen-bond donors (Lipinski definition) is 1. The maximum atomic E-state index is 12.8. The molecule has 1 atom stereocenters. The van der Waals surface area contributed by atoms with Crippen LogP contribution in [-0.4, -0.2) is 33.0 Å². The molecule has 5 heteroatoms. The van der Waals surface area contributed by atoms with Gasteiger partial charge in [-0.2, -0.15) is 0 Å². The third kappa shape index (κ3) is 3.66. The van der Waals surface area contributed by atoms with Gasteiger partial charge in [0.15, 0.2) is 0 Å². The molecule has 0 saturated heterocycles. The summed E-state index contributed by atoms with van der Waals surface area (Å²) in [6.45, 7) is 2.63. The first-order valence-corrected chi connectivity index (χ1v) is 12.4. The fraction of sp³-hybridized carbons (Fsp3) is 0.360. The summed E-state index contributed by atoms with van der Waals surface area (Å²) in [5.74, 6) is 0. The molecular formula is C25H28N2O2S. The average Bonchev–Trinajstić information content (AvgIpc) is 3.20. The van der Waals surface area contributed by atoms with E-state index in [0.717, 1.165) is 43.1 Å². The number of fused-ring (bicyclic) bond motifs is 1. The SMILES string of the molecule is O=S(=O)(NCCCCN1CCc2cccc3c2C1CC3)c1cccc2ccccc12. The van der Waals surface area contributed by atoms with Gasteiger partial charge in [-0.25, -0.2) is 13.1 Å². The molecule has 0 spiro atoms. The fourth-order valence-corrected chi connectivity index (χ4v) is 6.48. The summed E-state index contributed by atoms with van der Waals surface area (Å²) in [5.41, 5.74) is 4.65.